The van der Waals surface area contributed by atoms with Gasteiger partial charge in [-0.2, -0.15) is 0 Å². The number of amides is 1. The minimum Gasteiger partial charge on any atom is -0.496 e. The molecule has 1 rings (SSSR count). The molecule has 3 nitrogen and oxygen atoms in total. The van der Waals surface area contributed by atoms with Crippen molar-refractivity contribution in [1.82, 2.24) is 5.32 Å². The van der Waals surface area contributed by atoms with Gasteiger partial charge in [-0.1, -0.05) is 32.1 Å². The van der Waals surface area contributed by atoms with Crippen LogP contribution in [0, 0.1) is 0 Å². The van der Waals surface area contributed by atoms with Gasteiger partial charge in [-0.15, -0.1) is 6.58 Å². The largest absolute Gasteiger partial charge is 0.496 e. The second kappa shape index (κ2) is 6.84. The van der Waals surface area contributed by atoms with Crippen molar-refractivity contribution >= 4 is 5.91 Å². The molecule has 0 spiro atoms. The van der Waals surface area contributed by atoms with E-state index in [1.54, 1.807) is 13.2 Å². The average Bonchev–Trinajstić information content (AvgIpc) is 2.36. The summed E-state index contributed by atoms with van der Waals surface area (Å²) in [5.74, 6) is 1.17. The molecule has 98 valence electrons. The summed E-state index contributed by atoms with van der Waals surface area (Å²) in [4.78, 5) is 11.7. The van der Waals surface area contributed by atoms with Gasteiger partial charge in [0.25, 0.3) is 0 Å². The normalized spacial score (nSPS) is 10.2. The summed E-state index contributed by atoms with van der Waals surface area (Å²) in [6.45, 7) is 8.32. The number of benzene rings is 1. The number of ether oxygens (including phenoxy) is 1. The number of rotatable bonds is 6. The van der Waals surface area contributed by atoms with E-state index in [0.717, 1.165) is 11.3 Å². The van der Waals surface area contributed by atoms with Crippen molar-refractivity contribution in [1.29, 1.82) is 0 Å². The average molecular weight is 247 g/mol. The molecule has 0 unspecified atom stereocenters. The summed E-state index contributed by atoms with van der Waals surface area (Å²) in [6, 6.07) is 6.00. The molecule has 1 aromatic rings. The van der Waals surface area contributed by atoms with E-state index < -0.39 is 0 Å². The number of hydrogen-bond donors (Lipinski definition) is 1. The van der Waals surface area contributed by atoms with Gasteiger partial charge < -0.3 is 10.1 Å². The van der Waals surface area contributed by atoms with E-state index >= 15 is 0 Å². The van der Waals surface area contributed by atoms with Gasteiger partial charge in [-0.05, 0) is 17.5 Å². The topological polar surface area (TPSA) is 38.3 Å². The van der Waals surface area contributed by atoms with Crippen molar-refractivity contribution in [3.05, 3.63) is 42.0 Å². The molecule has 0 saturated heterocycles. The molecule has 0 heterocycles. The van der Waals surface area contributed by atoms with E-state index in [1.165, 1.54) is 5.56 Å². The van der Waals surface area contributed by atoms with Crippen LogP contribution in [0.2, 0.25) is 0 Å². The number of nitrogens with one attached hydrogen (secondary N) is 1. The van der Waals surface area contributed by atoms with Crippen LogP contribution in [0.25, 0.3) is 0 Å². The predicted molar refractivity (Wildman–Crippen MR) is 74.0 cm³/mol. The molecule has 18 heavy (non-hydrogen) atoms. The van der Waals surface area contributed by atoms with Crippen LogP contribution in [0.15, 0.2) is 30.9 Å². The lowest BCUT2D eigenvalue weighted by Gasteiger charge is -2.12. The Bertz CT molecular complexity index is 425. The van der Waals surface area contributed by atoms with Crippen LogP contribution < -0.4 is 10.1 Å². The number of carbonyl (C=O) groups is 1. The molecule has 0 aliphatic rings. The molecular formula is C15H21NO2. The first-order valence-electron chi connectivity index (χ1n) is 6.13. The Morgan fingerprint density at radius 1 is 1.50 bits per heavy atom. The van der Waals surface area contributed by atoms with E-state index in [9.17, 15) is 4.79 Å². The summed E-state index contributed by atoms with van der Waals surface area (Å²) in [5, 5.41) is 2.77. The molecular weight excluding hydrogens is 226 g/mol. The standard InChI is InChI=1S/C15H21NO2/c1-5-8-16-15(17)10-13-9-12(11(2)3)6-7-14(13)18-4/h5-7,9,11H,1,8,10H2,2-4H3,(H,16,17). The molecule has 1 aromatic carbocycles. The van der Waals surface area contributed by atoms with Crippen molar-refractivity contribution in [2.75, 3.05) is 13.7 Å². The van der Waals surface area contributed by atoms with Gasteiger partial charge in [0.1, 0.15) is 5.75 Å². The molecule has 0 aliphatic heterocycles. The highest BCUT2D eigenvalue weighted by Gasteiger charge is 2.10. The molecule has 0 saturated carbocycles. The third kappa shape index (κ3) is 3.91. The van der Waals surface area contributed by atoms with Crippen molar-refractivity contribution in [2.24, 2.45) is 0 Å². The lowest BCUT2D eigenvalue weighted by molar-refractivity contribution is -0.120. The van der Waals surface area contributed by atoms with Gasteiger partial charge in [0, 0.05) is 12.1 Å². The zero-order valence-electron chi connectivity index (χ0n) is 11.3. The highest BCUT2D eigenvalue weighted by molar-refractivity contribution is 5.79. The fraction of sp³-hybridized carbons (Fsp3) is 0.400. The smallest absolute Gasteiger partial charge is 0.224 e. The van der Waals surface area contributed by atoms with E-state index in [2.05, 4.69) is 25.7 Å². The number of methoxy groups -OCH3 is 1. The molecule has 0 aliphatic carbocycles. The van der Waals surface area contributed by atoms with Crippen molar-refractivity contribution < 1.29 is 9.53 Å². The Morgan fingerprint density at radius 2 is 2.22 bits per heavy atom. The van der Waals surface area contributed by atoms with Crippen LogP contribution >= 0.6 is 0 Å². The second-order valence-corrected chi connectivity index (χ2v) is 4.50. The quantitative estimate of drug-likeness (QED) is 0.785. The van der Waals surface area contributed by atoms with Crippen LogP contribution in [-0.4, -0.2) is 19.6 Å². The summed E-state index contributed by atoms with van der Waals surface area (Å²) >= 11 is 0. The second-order valence-electron chi connectivity index (χ2n) is 4.50. The monoisotopic (exact) mass is 247 g/mol. The van der Waals surface area contributed by atoms with Gasteiger partial charge in [0.15, 0.2) is 0 Å². The Morgan fingerprint density at radius 3 is 2.78 bits per heavy atom. The van der Waals surface area contributed by atoms with Crippen LogP contribution in [0.1, 0.15) is 30.9 Å². The Labute approximate surface area is 109 Å². The van der Waals surface area contributed by atoms with Gasteiger partial charge >= 0.3 is 0 Å². The van der Waals surface area contributed by atoms with Gasteiger partial charge in [-0.25, -0.2) is 0 Å². The highest BCUT2D eigenvalue weighted by atomic mass is 16.5. The predicted octanol–water partition coefficient (Wildman–Crippen LogP) is 2.66. The maximum Gasteiger partial charge on any atom is 0.224 e. The molecule has 1 N–H and O–H groups in total. The summed E-state index contributed by atoms with van der Waals surface area (Å²) < 4.78 is 5.29. The van der Waals surface area contributed by atoms with Crippen molar-refractivity contribution in [3.63, 3.8) is 0 Å². The lowest BCUT2D eigenvalue weighted by atomic mass is 9.99. The Kier molecular flexibility index (Phi) is 5.43. The molecule has 0 fully saturated rings. The van der Waals surface area contributed by atoms with E-state index in [-0.39, 0.29) is 5.91 Å². The maximum atomic E-state index is 11.7. The lowest BCUT2D eigenvalue weighted by Crippen LogP contribution is -2.25. The SMILES string of the molecule is C=CCNC(=O)Cc1cc(C(C)C)ccc1OC. The maximum absolute atomic E-state index is 11.7. The summed E-state index contributed by atoms with van der Waals surface area (Å²) in [5.41, 5.74) is 2.13. The minimum atomic E-state index is -0.0193. The van der Waals surface area contributed by atoms with Gasteiger partial charge in [0.05, 0.1) is 13.5 Å². The zero-order chi connectivity index (χ0) is 13.5. The van der Waals surface area contributed by atoms with Crippen LogP contribution in [0.4, 0.5) is 0 Å². The van der Waals surface area contributed by atoms with Crippen molar-refractivity contribution in [2.45, 2.75) is 26.2 Å². The van der Waals surface area contributed by atoms with E-state index in [1.807, 2.05) is 18.2 Å². The fourth-order valence-corrected chi connectivity index (χ4v) is 1.72. The molecule has 0 aromatic heterocycles. The molecule has 0 radical (unpaired) electrons. The molecule has 0 atom stereocenters. The van der Waals surface area contributed by atoms with Crippen LogP contribution in [0.3, 0.4) is 0 Å². The summed E-state index contributed by atoms with van der Waals surface area (Å²) in [7, 11) is 1.62. The third-order valence-electron chi connectivity index (χ3n) is 2.77. The van der Waals surface area contributed by atoms with Gasteiger partial charge in [0.2, 0.25) is 5.91 Å². The first-order chi connectivity index (χ1) is 8.58. The number of carbonyl (C=O) groups excluding carboxylic acids is 1. The van der Waals surface area contributed by atoms with E-state index in [4.69, 9.17) is 4.74 Å². The highest BCUT2D eigenvalue weighted by Crippen LogP contribution is 2.24. The van der Waals surface area contributed by atoms with Crippen molar-refractivity contribution in [3.8, 4) is 5.75 Å². The first kappa shape index (κ1) is 14.3. The van der Waals surface area contributed by atoms with Gasteiger partial charge in [-0.3, -0.25) is 4.79 Å². The zero-order valence-corrected chi connectivity index (χ0v) is 11.3. The summed E-state index contributed by atoms with van der Waals surface area (Å²) in [6.07, 6.45) is 2.00. The first-order valence-corrected chi connectivity index (χ1v) is 6.13. The molecule has 1 amide bonds. The molecule has 0 bridgehead atoms. The minimum absolute atomic E-state index is 0.0193. The third-order valence-corrected chi connectivity index (χ3v) is 2.77. The number of hydrogen-bond acceptors (Lipinski definition) is 2. The van der Waals surface area contributed by atoms with Crippen LogP contribution in [0.5, 0.6) is 5.75 Å². The Hall–Kier alpha value is -1.77. The fourth-order valence-electron chi connectivity index (χ4n) is 1.72. The van der Waals surface area contributed by atoms with Crippen LogP contribution in [-0.2, 0) is 11.2 Å². The Balaban J connectivity index is 2.87. The molecule has 3 heteroatoms. The van der Waals surface area contributed by atoms with E-state index in [0.29, 0.717) is 18.9 Å².